The van der Waals surface area contributed by atoms with Gasteiger partial charge in [-0.1, -0.05) is 6.42 Å². The van der Waals surface area contributed by atoms with Gasteiger partial charge in [-0.25, -0.2) is 9.37 Å². The normalized spacial score (nSPS) is 17.4. The topological polar surface area (TPSA) is 17.8 Å². The fourth-order valence-electron chi connectivity index (χ4n) is 2.73. The lowest BCUT2D eigenvalue weighted by Gasteiger charge is -2.41. The van der Waals surface area contributed by atoms with E-state index in [1.807, 2.05) is 11.8 Å². The Hall–Kier alpha value is -0.260. The van der Waals surface area contributed by atoms with Gasteiger partial charge in [0.05, 0.1) is 21.4 Å². The van der Waals surface area contributed by atoms with E-state index in [0.717, 1.165) is 17.9 Å². The predicted octanol–water partition coefficient (Wildman–Crippen LogP) is 4.96. The van der Waals surface area contributed by atoms with E-state index in [1.165, 1.54) is 25.3 Å². The minimum Gasteiger partial charge on any atom is -0.326 e. The van der Waals surface area contributed by atoms with Crippen LogP contribution < -0.4 is 0 Å². The highest BCUT2D eigenvalue weighted by molar-refractivity contribution is 9.10. The summed E-state index contributed by atoms with van der Waals surface area (Å²) in [5.41, 5.74) is 1.63. The molecular formula is C14H15BrClFN2S. The van der Waals surface area contributed by atoms with Crippen molar-refractivity contribution in [1.82, 2.24) is 9.55 Å². The number of fused-ring (bicyclic) bond motifs is 1. The molecule has 108 valence electrons. The zero-order valence-electron chi connectivity index (χ0n) is 11.1. The first-order valence-electron chi connectivity index (χ1n) is 6.54. The van der Waals surface area contributed by atoms with Crippen molar-refractivity contribution in [2.24, 2.45) is 0 Å². The largest absolute Gasteiger partial charge is 0.326 e. The molecule has 0 atom stereocenters. The number of hydrogen-bond donors (Lipinski definition) is 0. The van der Waals surface area contributed by atoms with Gasteiger partial charge in [-0.15, -0.1) is 11.6 Å². The zero-order valence-corrected chi connectivity index (χ0v) is 14.3. The third-order valence-electron chi connectivity index (χ3n) is 4.13. The Balaban J connectivity index is 2.10. The monoisotopic (exact) mass is 376 g/mol. The number of alkyl halides is 1. The maximum Gasteiger partial charge on any atom is 0.139 e. The van der Waals surface area contributed by atoms with E-state index in [0.29, 0.717) is 15.9 Å². The van der Waals surface area contributed by atoms with Gasteiger partial charge in [0.15, 0.2) is 0 Å². The van der Waals surface area contributed by atoms with Crippen LogP contribution in [0, 0.1) is 5.82 Å². The molecule has 0 bridgehead atoms. The standard InChI is InChI=1S/C14H15BrClFN2S/c1-20-14(3-2-4-14)8-19-12-5-9(15)10(17)6-11(12)18-13(19)7-16/h5-6H,2-4,7-8H2,1H3. The lowest BCUT2D eigenvalue weighted by molar-refractivity contribution is 0.322. The number of aromatic nitrogens is 2. The SMILES string of the molecule is CSC1(Cn2c(CCl)nc3cc(F)c(Br)cc32)CCC1. The van der Waals surface area contributed by atoms with Gasteiger partial charge in [-0.3, -0.25) is 0 Å². The van der Waals surface area contributed by atoms with E-state index in [-0.39, 0.29) is 10.6 Å². The quantitative estimate of drug-likeness (QED) is 0.701. The van der Waals surface area contributed by atoms with E-state index in [4.69, 9.17) is 11.6 Å². The van der Waals surface area contributed by atoms with Crippen LogP contribution in [0.2, 0.25) is 0 Å². The molecule has 1 aliphatic carbocycles. The number of imidazole rings is 1. The Morgan fingerprint density at radius 1 is 1.50 bits per heavy atom. The van der Waals surface area contributed by atoms with E-state index < -0.39 is 0 Å². The summed E-state index contributed by atoms with van der Waals surface area (Å²) in [6, 6.07) is 3.28. The van der Waals surface area contributed by atoms with Crippen molar-refractivity contribution in [2.75, 3.05) is 6.26 Å². The van der Waals surface area contributed by atoms with Gasteiger partial charge >= 0.3 is 0 Å². The molecule has 6 heteroatoms. The Bertz CT molecular complexity index is 649. The number of hydrogen-bond acceptors (Lipinski definition) is 2. The molecule has 1 aliphatic rings. The van der Waals surface area contributed by atoms with Crippen molar-refractivity contribution < 1.29 is 4.39 Å². The smallest absolute Gasteiger partial charge is 0.139 e. The van der Waals surface area contributed by atoms with Gasteiger partial charge in [-0.05, 0) is 41.1 Å². The molecule has 1 aromatic heterocycles. The summed E-state index contributed by atoms with van der Waals surface area (Å²) in [5.74, 6) is 0.879. The highest BCUT2D eigenvalue weighted by atomic mass is 79.9. The number of thioether (sulfide) groups is 1. The first-order valence-corrected chi connectivity index (χ1v) is 9.09. The van der Waals surface area contributed by atoms with Crippen molar-refractivity contribution in [1.29, 1.82) is 0 Å². The van der Waals surface area contributed by atoms with Crippen molar-refractivity contribution in [3.8, 4) is 0 Å². The third-order valence-corrected chi connectivity index (χ3v) is 6.38. The molecule has 3 rings (SSSR count). The average molecular weight is 378 g/mol. The van der Waals surface area contributed by atoms with Crippen LogP contribution in [0.15, 0.2) is 16.6 Å². The molecule has 0 amide bonds. The van der Waals surface area contributed by atoms with Crippen molar-refractivity contribution in [3.63, 3.8) is 0 Å². The molecule has 0 saturated heterocycles. The molecule has 0 spiro atoms. The number of benzene rings is 1. The molecule has 0 unspecified atom stereocenters. The van der Waals surface area contributed by atoms with Crippen LogP contribution in [0.25, 0.3) is 11.0 Å². The first-order chi connectivity index (χ1) is 9.58. The Morgan fingerprint density at radius 2 is 2.25 bits per heavy atom. The fraction of sp³-hybridized carbons (Fsp3) is 0.500. The summed E-state index contributed by atoms with van der Waals surface area (Å²) < 4.78 is 16.6. The molecule has 0 aliphatic heterocycles. The van der Waals surface area contributed by atoms with Crippen LogP contribution >= 0.6 is 39.3 Å². The lowest BCUT2D eigenvalue weighted by Crippen LogP contribution is -2.38. The molecular weight excluding hydrogens is 363 g/mol. The Labute approximate surface area is 135 Å². The maximum atomic E-state index is 13.6. The number of rotatable bonds is 4. The Kier molecular flexibility index (Phi) is 4.04. The molecule has 2 aromatic rings. The summed E-state index contributed by atoms with van der Waals surface area (Å²) in [7, 11) is 0. The molecule has 1 saturated carbocycles. The molecule has 0 N–H and O–H groups in total. The second kappa shape index (κ2) is 5.50. The number of nitrogens with zero attached hydrogens (tertiary/aromatic N) is 2. The summed E-state index contributed by atoms with van der Waals surface area (Å²) >= 11 is 11.2. The van der Waals surface area contributed by atoms with Gasteiger partial charge in [0.25, 0.3) is 0 Å². The minimum atomic E-state index is -0.286. The van der Waals surface area contributed by atoms with Crippen LogP contribution in [-0.2, 0) is 12.4 Å². The van der Waals surface area contributed by atoms with Gasteiger partial charge in [0.2, 0.25) is 0 Å². The second-order valence-corrected chi connectivity index (χ2v) is 7.64. The average Bonchev–Trinajstić information content (AvgIpc) is 2.72. The van der Waals surface area contributed by atoms with Gasteiger partial charge in [-0.2, -0.15) is 11.8 Å². The summed E-state index contributed by atoms with van der Waals surface area (Å²) in [6.45, 7) is 0.894. The van der Waals surface area contributed by atoms with Crippen molar-refractivity contribution in [3.05, 3.63) is 28.2 Å². The van der Waals surface area contributed by atoms with E-state index >= 15 is 0 Å². The van der Waals surface area contributed by atoms with Gasteiger partial charge < -0.3 is 4.57 Å². The highest BCUT2D eigenvalue weighted by Crippen LogP contribution is 2.45. The highest BCUT2D eigenvalue weighted by Gasteiger charge is 2.37. The number of halogens is 3. The van der Waals surface area contributed by atoms with Crippen molar-refractivity contribution in [2.45, 2.75) is 36.4 Å². The van der Waals surface area contributed by atoms with Gasteiger partial charge in [0, 0.05) is 17.4 Å². The van der Waals surface area contributed by atoms with Crippen LogP contribution in [0.3, 0.4) is 0 Å². The fourth-order valence-corrected chi connectivity index (χ4v) is 4.22. The summed E-state index contributed by atoms with van der Waals surface area (Å²) in [4.78, 5) is 4.47. The summed E-state index contributed by atoms with van der Waals surface area (Å²) in [6.07, 6.45) is 5.88. The Morgan fingerprint density at radius 3 is 2.80 bits per heavy atom. The molecule has 2 nitrogen and oxygen atoms in total. The van der Waals surface area contributed by atoms with Crippen LogP contribution in [0.4, 0.5) is 4.39 Å². The first kappa shape index (κ1) is 14.7. The van der Waals surface area contributed by atoms with Gasteiger partial charge in [0.1, 0.15) is 11.6 Å². The third kappa shape index (κ3) is 2.38. The van der Waals surface area contributed by atoms with E-state index in [2.05, 4.69) is 31.7 Å². The predicted molar refractivity (Wildman–Crippen MR) is 87.0 cm³/mol. The minimum absolute atomic E-state index is 0.286. The molecule has 0 radical (unpaired) electrons. The summed E-state index contributed by atoms with van der Waals surface area (Å²) in [5, 5.41) is 0. The maximum absolute atomic E-state index is 13.6. The molecule has 1 aromatic carbocycles. The van der Waals surface area contributed by atoms with Crippen LogP contribution in [0.1, 0.15) is 25.1 Å². The lowest BCUT2D eigenvalue weighted by atomic mass is 9.84. The van der Waals surface area contributed by atoms with Crippen LogP contribution in [0.5, 0.6) is 0 Å². The molecule has 1 fully saturated rings. The molecule has 1 heterocycles. The van der Waals surface area contributed by atoms with Crippen molar-refractivity contribution >= 4 is 50.3 Å². The zero-order chi connectivity index (χ0) is 14.3. The molecule has 20 heavy (non-hydrogen) atoms. The second-order valence-electron chi connectivity index (χ2n) is 5.24. The van der Waals surface area contributed by atoms with E-state index in [1.54, 1.807) is 6.07 Å². The van der Waals surface area contributed by atoms with E-state index in [9.17, 15) is 4.39 Å². The van der Waals surface area contributed by atoms with Crippen LogP contribution in [-0.4, -0.2) is 20.6 Å².